The fourth-order valence-electron chi connectivity index (χ4n) is 1.90. The van der Waals surface area contributed by atoms with E-state index in [1.165, 1.54) is 5.69 Å². The lowest BCUT2D eigenvalue weighted by Crippen LogP contribution is -2.25. The van der Waals surface area contributed by atoms with Crippen molar-refractivity contribution in [1.82, 2.24) is 9.78 Å². The molecule has 1 aromatic rings. The van der Waals surface area contributed by atoms with Crippen molar-refractivity contribution in [2.75, 3.05) is 5.33 Å². The first-order valence-corrected chi connectivity index (χ1v) is 5.98. The van der Waals surface area contributed by atoms with Gasteiger partial charge in [-0.05, 0) is 25.8 Å². The number of aromatic nitrogens is 2. The normalized spacial score (nSPS) is 32.4. The standard InChI is InChI=1S/C10H15BrN2O/c1-10(7-11)5-3-9(14-10)8-4-6-12-13(8)2/h4,6,9H,3,5,7H2,1-2H3. The highest BCUT2D eigenvalue weighted by Crippen LogP contribution is 2.39. The van der Waals surface area contributed by atoms with E-state index in [2.05, 4.69) is 28.0 Å². The molecule has 2 unspecified atom stereocenters. The first-order chi connectivity index (χ1) is 6.64. The van der Waals surface area contributed by atoms with Crippen molar-refractivity contribution in [3.05, 3.63) is 18.0 Å². The van der Waals surface area contributed by atoms with Gasteiger partial charge in [-0.2, -0.15) is 5.10 Å². The molecule has 0 spiro atoms. The number of hydrogen-bond acceptors (Lipinski definition) is 2. The smallest absolute Gasteiger partial charge is 0.1000 e. The summed E-state index contributed by atoms with van der Waals surface area (Å²) < 4.78 is 7.91. The zero-order valence-corrected chi connectivity index (χ0v) is 10.1. The maximum absolute atomic E-state index is 6.02. The molecule has 78 valence electrons. The predicted octanol–water partition coefficient (Wildman–Crippen LogP) is 2.43. The Morgan fingerprint density at radius 3 is 3.07 bits per heavy atom. The zero-order valence-electron chi connectivity index (χ0n) is 8.53. The van der Waals surface area contributed by atoms with E-state index in [4.69, 9.17) is 4.74 Å². The summed E-state index contributed by atoms with van der Waals surface area (Å²) in [4.78, 5) is 0. The molecule has 0 N–H and O–H groups in total. The lowest BCUT2D eigenvalue weighted by atomic mass is 10.0. The lowest BCUT2D eigenvalue weighted by Gasteiger charge is -2.22. The number of halogens is 1. The van der Waals surface area contributed by atoms with Crippen molar-refractivity contribution >= 4 is 15.9 Å². The molecule has 0 radical (unpaired) electrons. The Morgan fingerprint density at radius 1 is 1.79 bits per heavy atom. The summed E-state index contributed by atoms with van der Waals surface area (Å²) in [6, 6.07) is 2.03. The van der Waals surface area contributed by atoms with Crippen LogP contribution in [0.25, 0.3) is 0 Å². The minimum atomic E-state index is -0.00502. The van der Waals surface area contributed by atoms with Crippen molar-refractivity contribution in [2.24, 2.45) is 7.05 Å². The van der Waals surface area contributed by atoms with E-state index in [0.29, 0.717) is 0 Å². The zero-order chi connectivity index (χ0) is 10.2. The molecule has 0 bridgehead atoms. The van der Waals surface area contributed by atoms with Gasteiger partial charge >= 0.3 is 0 Å². The second-order valence-electron chi connectivity index (χ2n) is 4.11. The van der Waals surface area contributed by atoms with E-state index in [0.717, 1.165) is 18.2 Å². The molecular formula is C10H15BrN2O. The first kappa shape index (κ1) is 10.2. The van der Waals surface area contributed by atoms with Gasteiger partial charge in [0.05, 0.1) is 17.4 Å². The molecule has 4 heteroatoms. The first-order valence-electron chi connectivity index (χ1n) is 4.86. The van der Waals surface area contributed by atoms with Crippen LogP contribution in [0.3, 0.4) is 0 Å². The topological polar surface area (TPSA) is 27.1 Å². The summed E-state index contributed by atoms with van der Waals surface area (Å²) in [6.45, 7) is 2.15. The molecule has 0 aromatic carbocycles. The van der Waals surface area contributed by atoms with Crippen molar-refractivity contribution in [1.29, 1.82) is 0 Å². The fraction of sp³-hybridized carbons (Fsp3) is 0.700. The van der Waals surface area contributed by atoms with Gasteiger partial charge in [-0.15, -0.1) is 0 Å². The third-order valence-corrected chi connectivity index (χ3v) is 4.02. The molecule has 0 saturated carbocycles. The highest BCUT2D eigenvalue weighted by molar-refractivity contribution is 9.09. The van der Waals surface area contributed by atoms with Crippen LogP contribution in [-0.2, 0) is 11.8 Å². The molecular weight excluding hydrogens is 244 g/mol. The number of rotatable bonds is 2. The van der Waals surface area contributed by atoms with Crippen molar-refractivity contribution in [2.45, 2.75) is 31.5 Å². The van der Waals surface area contributed by atoms with Gasteiger partial charge < -0.3 is 4.74 Å². The molecule has 1 fully saturated rings. The van der Waals surface area contributed by atoms with Gasteiger partial charge in [-0.1, -0.05) is 15.9 Å². The van der Waals surface area contributed by atoms with Crippen LogP contribution in [0.2, 0.25) is 0 Å². The van der Waals surface area contributed by atoms with Crippen molar-refractivity contribution < 1.29 is 4.74 Å². The van der Waals surface area contributed by atoms with Gasteiger partial charge in [-0.3, -0.25) is 4.68 Å². The van der Waals surface area contributed by atoms with Gasteiger partial charge in [0.1, 0.15) is 0 Å². The van der Waals surface area contributed by atoms with Gasteiger partial charge in [0, 0.05) is 18.6 Å². The molecule has 1 aliphatic heterocycles. The summed E-state index contributed by atoms with van der Waals surface area (Å²) in [5.74, 6) is 0. The highest BCUT2D eigenvalue weighted by Gasteiger charge is 2.36. The van der Waals surface area contributed by atoms with E-state index in [9.17, 15) is 0 Å². The molecule has 2 atom stereocenters. The number of aryl methyl sites for hydroxylation is 1. The maximum Gasteiger partial charge on any atom is 0.1000 e. The molecule has 3 nitrogen and oxygen atoms in total. The largest absolute Gasteiger partial charge is 0.365 e. The fourth-order valence-corrected chi connectivity index (χ4v) is 2.32. The maximum atomic E-state index is 6.02. The molecule has 14 heavy (non-hydrogen) atoms. The highest BCUT2D eigenvalue weighted by atomic mass is 79.9. The Morgan fingerprint density at radius 2 is 2.57 bits per heavy atom. The Kier molecular flexibility index (Phi) is 2.66. The Balaban J connectivity index is 2.13. The predicted molar refractivity (Wildman–Crippen MR) is 58.5 cm³/mol. The Hall–Kier alpha value is -0.350. The molecule has 2 heterocycles. The van der Waals surface area contributed by atoms with Crippen molar-refractivity contribution in [3.8, 4) is 0 Å². The van der Waals surface area contributed by atoms with Crippen LogP contribution in [0, 0.1) is 0 Å². The molecule has 1 saturated heterocycles. The molecule has 1 aromatic heterocycles. The molecule has 0 aliphatic carbocycles. The van der Waals surface area contributed by atoms with Gasteiger partial charge in [0.15, 0.2) is 0 Å². The summed E-state index contributed by atoms with van der Waals surface area (Å²) in [6.07, 6.45) is 4.23. The minimum Gasteiger partial charge on any atom is -0.365 e. The van der Waals surface area contributed by atoms with Crippen LogP contribution < -0.4 is 0 Å². The average molecular weight is 259 g/mol. The lowest BCUT2D eigenvalue weighted by molar-refractivity contribution is -0.0154. The van der Waals surface area contributed by atoms with E-state index < -0.39 is 0 Å². The number of hydrogen-bond donors (Lipinski definition) is 0. The van der Waals surface area contributed by atoms with E-state index in [1.807, 2.05) is 24.0 Å². The van der Waals surface area contributed by atoms with Crippen LogP contribution in [0.5, 0.6) is 0 Å². The number of ether oxygens (including phenoxy) is 1. The van der Waals surface area contributed by atoms with Crippen LogP contribution in [0.4, 0.5) is 0 Å². The average Bonchev–Trinajstić information content (AvgIpc) is 2.73. The number of nitrogens with zero attached hydrogens (tertiary/aromatic N) is 2. The van der Waals surface area contributed by atoms with Gasteiger partial charge in [-0.25, -0.2) is 0 Å². The summed E-state index contributed by atoms with van der Waals surface area (Å²) in [5.41, 5.74) is 1.17. The van der Waals surface area contributed by atoms with Crippen molar-refractivity contribution in [3.63, 3.8) is 0 Å². The third-order valence-electron chi connectivity index (χ3n) is 2.83. The molecule has 0 amide bonds. The summed E-state index contributed by atoms with van der Waals surface area (Å²) >= 11 is 3.49. The van der Waals surface area contributed by atoms with Crippen LogP contribution in [0.15, 0.2) is 12.3 Å². The molecule has 1 aliphatic rings. The second kappa shape index (κ2) is 3.66. The van der Waals surface area contributed by atoms with Crippen LogP contribution in [0.1, 0.15) is 31.6 Å². The van der Waals surface area contributed by atoms with Gasteiger partial charge in [0.25, 0.3) is 0 Å². The third kappa shape index (κ3) is 1.73. The van der Waals surface area contributed by atoms with Crippen LogP contribution >= 0.6 is 15.9 Å². The van der Waals surface area contributed by atoms with Crippen LogP contribution in [-0.4, -0.2) is 20.7 Å². The summed E-state index contributed by atoms with van der Waals surface area (Å²) in [5, 5.41) is 5.06. The Bertz CT molecular complexity index is 326. The second-order valence-corrected chi connectivity index (χ2v) is 4.67. The van der Waals surface area contributed by atoms with E-state index in [-0.39, 0.29) is 11.7 Å². The van der Waals surface area contributed by atoms with Gasteiger partial charge in [0.2, 0.25) is 0 Å². The monoisotopic (exact) mass is 258 g/mol. The number of alkyl halides is 1. The summed E-state index contributed by atoms with van der Waals surface area (Å²) in [7, 11) is 1.96. The molecule has 2 rings (SSSR count). The van der Waals surface area contributed by atoms with E-state index >= 15 is 0 Å². The quantitative estimate of drug-likeness (QED) is 0.763. The Labute approximate surface area is 92.6 Å². The van der Waals surface area contributed by atoms with E-state index in [1.54, 1.807) is 0 Å². The minimum absolute atomic E-state index is 0.00502. The SMILES string of the molecule is Cn1nccc1C1CCC(C)(CBr)O1.